The molecule has 0 spiro atoms. The van der Waals surface area contributed by atoms with Crippen molar-refractivity contribution in [3.05, 3.63) is 61.4 Å². The second-order valence-electron chi connectivity index (χ2n) is 5.85. The zero-order valence-corrected chi connectivity index (χ0v) is 13.4. The quantitative estimate of drug-likeness (QED) is 0.723. The summed E-state index contributed by atoms with van der Waals surface area (Å²) in [5, 5.41) is 19.0. The van der Waals surface area contributed by atoms with Crippen molar-refractivity contribution < 1.29 is 5.11 Å². The standard InChI is InChI=1S/C19H24N2O/c1-5-18(21-6-2)16(10-13-22)17(14-20)15-8-7-11-19(3,4)12-9-15/h5-9,11-12,16-17,22H,1-2,10,13H2,3-4H3. The number of hydrogen-bond acceptors (Lipinski definition) is 3. The topological polar surface area (TPSA) is 56.4 Å². The monoisotopic (exact) mass is 296 g/mol. The minimum absolute atomic E-state index is 0.00875. The van der Waals surface area contributed by atoms with Gasteiger partial charge in [-0.2, -0.15) is 5.26 Å². The van der Waals surface area contributed by atoms with E-state index in [9.17, 15) is 10.4 Å². The lowest BCUT2D eigenvalue weighted by Crippen LogP contribution is -2.24. The molecule has 3 heteroatoms. The molecule has 0 heterocycles. The van der Waals surface area contributed by atoms with Crippen molar-refractivity contribution in [2.45, 2.75) is 20.3 Å². The first-order chi connectivity index (χ1) is 10.5. The van der Waals surface area contributed by atoms with Gasteiger partial charge in [0.1, 0.15) is 0 Å². The highest BCUT2D eigenvalue weighted by molar-refractivity contribution is 5.97. The number of rotatable bonds is 7. The van der Waals surface area contributed by atoms with Crippen molar-refractivity contribution in [2.24, 2.45) is 22.2 Å². The third-order valence-electron chi connectivity index (χ3n) is 3.69. The van der Waals surface area contributed by atoms with Gasteiger partial charge in [0.05, 0.1) is 12.0 Å². The van der Waals surface area contributed by atoms with E-state index in [-0.39, 0.29) is 17.9 Å². The van der Waals surface area contributed by atoms with Crippen molar-refractivity contribution in [2.75, 3.05) is 6.61 Å². The fourth-order valence-corrected chi connectivity index (χ4v) is 2.46. The summed E-state index contributed by atoms with van der Waals surface area (Å²) >= 11 is 0. The second kappa shape index (κ2) is 8.31. The minimum atomic E-state index is -0.390. The fourth-order valence-electron chi connectivity index (χ4n) is 2.46. The van der Waals surface area contributed by atoms with Gasteiger partial charge in [0.2, 0.25) is 0 Å². The molecule has 0 saturated carbocycles. The largest absolute Gasteiger partial charge is 0.396 e. The van der Waals surface area contributed by atoms with Crippen LogP contribution >= 0.6 is 0 Å². The van der Waals surface area contributed by atoms with Gasteiger partial charge in [-0.25, -0.2) is 0 Å². The Morgan fingerprint density at radius 2 is 2.18 bits per heavy atom. The van der Waals surface area contributed by atoms with E-state index in [0.717, 1.165) is 5.57 Å². The zero-order valence-electron chi connectivity index (χ0n) is 13.4. The molecule has 0 saturated heterocycles. The van der Waals surface area contributed by atoms with Gasteiger partial charge in [0.25, 0.3) is 0 Å². The molecule has 1 aliphatic carbocycles. The number of hydrogen-bond donors (Lipinski definition) is 1. The average molecular weight is 296 g/mol. The van der Waals surface area contributed by atoms with Gasteiger partial charge in [-0.3, -0.25) is 4.99 Å². The fraction of sp³-hybridized carbons (Fsp3) is 0.368. The molecule has 2 unspecified atom stereocenters. The van der Waals surface area contributed by atoms with E-state index in [1.54, 1.807) is 6.08 Å². The Labute approximate surface area is 133 Å². The van der Waals surface area contributed by atoms with Gasteiger partial charge in [-0.1, -0.05) is 57.4 Å². The summed E-state index contributed by atoms with van der Waals surface area (Å²) < 4.78 is 0. The highest BCUT2D eigenvalue weighted by Gasteiger charge is 2.27. The van der Waals surface area contributed by atoms with Gasteiger partial charge in [0, 0.05) is 29.9 Å². The molecule has 1 N–H and O–H groups in total. The lowest BCUT2D eigenvalue weighted by Gasteiger charge is -2.22. The molecule has 2 atom stereocenters. The molecule has 0 radical (unpaired) electrons. The first-order valence-electron chi connectivity index (χ1n) is 7.39. The number of nitriles is 1. The van der Waals surface area contributed by atoms with Gasteiger partial charge in [-0.15, -0.1) is 0 Å². The molecule has 116 valence electrons. The van der Waals surface area contributed by atoms with E-state index in [1.807, 2.05) is 18.2 Å². The number of aliphatic hydroxyl groups excluding tert-OH is 1. The highest BCUT2D eigenvalue weighted by Crippen LogP contribution is 2.30. The summed E-state index contributed by atoms with van der Waals surface area (Å²) in [5.41, 5.74) is 1.56. The lowest BCUT2D eigenvalue weighted by atomic mass is 9.80. The Morgan fingerprint density at radius 3 is 2.73 bits per heavy atom. The smallest absolute Gasteiger partial charge is 0.0797 e. The Morgan fingerprint density at radius 1 is 1.45 bits per heavy atom. The number of aliphatic hydroxyl groups is 1. The van der Waals surface area contributed by atoms with E-state index in [0.29, 0.717) is 12.1 Å². The van der Waals surface area contributed by atoms with Crippen molar-refractivity contribution in [3.8, 4) is 6.07 Å². The maximum Gasteiger partial charge on any atom is 0.0797 e. The van der Waals surface area contributed by atoms with Crippen molar-refractivity contribution in [1.82, 2.24) is 0 Å². The van der Waals surface area contributed by atoms with Crippen LogP contribution in [0.2, 0.25) is 0 Å². The SMILES string of the molecule is C=CN=C(C=C)C(CCO)C(C#N)C1=CC=CC(C)(C)C=C1. The van der Waals surface area contributed by atoms with Crippen LogP contribution in [0.25, 0.3) is 0 Å². The third kappa shape index (κ3) is 4.68. The summed E-state index contributed by atoms with van der Waals surface area (Å²) in [4.78, 5) is 4.21. The molecule has 1 rings (SSSR count). The summed E-state index contributed by atoms with van der Waals surface area (Å²) in [6.45, 7) is 11.6. The molecule has 0 aromatic carbocycles. The molecule has 22 heavy (non-hydrogen) atoms. The Balaban J connectivity index is 3.21. The molecule has 3 nitrogen and oxygen atoms in total. The molecule has 0 bridgehead atoms. The van der Waals surface area contributed by atoms with Crippen molar-refractivity contribution >= 4 is 5.71 Å². The van der Waals surface area contributed by atoms with Crippen molar-refractivity contribution in [3.63, 3.8) is 0 Å². The third-order valence-corrected chi connectivity index (χ3v) is 3.69. The molecule has 0 aromatic heterocycles. The molecule has 0 aliphatic heterocycles. The van der Waals surface area contributed by atoms with Gasteiger partial charge >= 0.3 is 0 Å². The van der Waals surface area contributed by atoms with E-state index in [2.05, 4.69) is 50.2 Å². The van der Waals surface area contributed by atoms with Crippen LogP contribution in [0, 0.1) is 28.6 Å². The Bertz CT molecular complexity index is 571. The molecular formula is C19H24N2O. The maximum atomic E-state index is 9.66. The maximum absolute atomic E-state index is 9.66. The second-order valence-corrected chi connectivity index (χ2v) is 5.85. The predicted molar refractivity (Wildman–Crippen MR) is 92.3 cm³/mol. The Hall–Kier alpha value is -2.18. The average Bonchev–Trinajstić information content (AvgIpc) is 2.66. The van der Waals surface area contributed by atoms with E-state index in [1.165, 1.54) is 6.20 Å². The van der Waals surface area contributed by atoms with E-state index < -0.39 is 5.92 Å². The van der Waals surface area contributed by atoms with Crippen LogP contribution < -0.4 is 0 Å². The predicted octanol–water partition coefficient (Wildman–Crippen LogP) is 3.97. The summed E-state index contributed by atoms with van der Waals surface area (Å²) in [6.07, 6.45) is 13.6. The summed E-state index contributed by atoms with van der Waals surface area (Å²) in [5.74, 6) is -0.602. The Kier molecular flexibility index (Phi) is 6.75. The molecule has 0 aromatic rings. The van der Waals surface area contributed by atoms with Crippen LogP contribution in [-0.2, 0) is 0 Å². The van der Waals surface area contributed by atoms with Crippen molar-refractivity contribution in [1.29, 1.82) is 5.26 Å². The molecule has 0 amide bonds. The van der Waals surface area contributed by atoms with Gasteiger partial charge < -0.3 is 5.11 Å². The minimum Gasteiger partial charge on any atom is -0.396 e. The van der Waals surface area contributed by atoms with Crippen LogP contribution in [0.4, 0.5) is 0 Å². The lowest BCUT2D eigenvalue weighted by molar-refractivity contribution is 0.267. The van der Waals surface area contributed by atoms with Gasteiger partial charge in [-0.05, 0) is 18.1 Å². The van der Waals surface area contributed by atoms with Crippen LogP contribution in [0.15, 0.2) is 66.4 Å². The number of allylic oxidation sites excluding steroid dienone is 7. The molecule has 1 aliphatic rings. The summed E-state index contributed by atoms with van der Waals surface area (Å²) in [7, 11) is 0. The number of nitrogens with zero attached hydrogens (tertiary/aromatic N) is 2. The zero-order chi connectivity index (χ0) is 16.6. The van der Waals surface area contributed by atoms with Crippen LogP contribution in [0.3, 0.4) is 0 Å². The summed E-state index contributed by atoms with van der Waals surface area (Å²) in [6, 6.07) is 2.36. The molecule has 0 fully saturated rings. The van der Waals surface area contributed by atoms with Gasteiger partial charge in [0.15, 0.2) is 0 Å². The highest BCUT2D eigenvalue weighted by atomic mass is 16.3. The van der Waals surface area contributed by atoms with E-state index in [4.69, 9.17) is 0 Å². The molecular weight excluding hydrogens is 272 g/mol. The first kappa shape index (κ1) is 17.9. The number of aliphatic imine (C=N–C) groups is 1. The normalized spacial score (nSPS) is 19.5. The van der Waals surface area contributed by atoms with Crippen LogP contribution in [0.1, 0.15) is 20.3 Å². The van der Waals surface area contributed by atoms with Crippen LogP contribution in [0.5, 0.6) is 0 Å². The van der Waals surface area contributed by atoms with E-state index >= 15 is 0 Å². The first-order valence-corrected chi connectivity index (χ1v) is 7.39. The van der Waals surface area contributed by atoms with Crippen LogP contribution in [-0.4, -0.2) is 17.4 Å².